The van der Waals surface area contributed by atoms with E-state index in [1.54, 1.807) is 6.07 Å². The molecule has 1 aliphatic heterocycles. The molecule has 82 valence electrons. The van der Waals surface area contributed by atoms with E-state index in [1.165, 1.54) is 0 Å². The first-order valence-electron chi connectivity index (χ1n) is 4.65. The molecule has 1 N–H and O–H groups in total. The van der Waals surface area contributed by atoms with Crippen LogP contribution in [-0.4, -0.2) is 20.4 Å². The largest absolute Gasteiger partial charge is 0.454 e. The van der Waals surface area contributed by atoms with E-state index in [0.29, 0.717) is 30.0 Å². The number of nitrogens with one attached hydrogen (secondary N) is 1. The molecule has 1 heterocycles. The van der Waals surface area contributed by atoms with Crippen molar-refractivity contribution < 1.29 is 13.9 Å². The molecule has 15 heavy (non-hydrogen) atoms. The molecule has 1 aromatic rings. The molecule has 2 rings (SSSR count). The first-order chi connectivity index (χ1) is 7.24. The van der Waals surface area contributed by atoms with E-state index in [0.717, 1.165) is 0 Å². The van der Waals surface area contributed by atoms with Gasteiger partial charge in [0.2, 0.25) is 6.79 Å². The third kappa shape index (κ3) is 1.87. The summed E-state index contributed by atoms with van der Waals surface area (Å²) in [5.41, 5.74) is 0.540. The molecular formula is C10H11ClFNO2. The molecule has 0 saturated heterocycles. The van der Waals surface area contributed by atoms with Gasteiger partial charge in [0.25, 0.3) is 0 Å². The lowest BCUT2D eigenvalue weighted by atomic mass is 10.1. The SMILES string of the molecule is CNCCc1cc2c(c(Cl)c1F)OCO2. The summed E-state index contributed by atoms with van der Waals surface area (Å²) < 4.78 is 23.9. The maximum atomic E-state index is 13.7. The fourth-order valence-electron chi connectivity index (χ4n) is 1.47. The predicted octanol–water partition coefficient (Wildman–Crippen LogP) is 1.97. The van der Waals surface area contributed by atoms with Crippen LogP contribution in [0.5, 0.6) is 11.5 Å². The van der Waals surface area contributed by atoms with Gasteiger partial charge in [-0.2, -0.15) is 0 Å². The molecule has 0 saturated carbocycles. The monoisotopic (exact) mass is 231 g/mol. The summed E-state index contributed by atoms with van der Waals surface area (Å²) in [4.78, 5) is 0. The van der Waals surface area contributed by atoms with Crippen LogP contribution in [0.3, 0.4) is 0 Å². The van der Waals surface area contributed by atoms with Crippen LogP contribution in [0.15, 0.2) is 6.07 Å². The van der Waals surface area contributed by atoms with E-state index in [1.807, 2.05) is 7.05 Å². The van der Waals surface area contributed by atoms with Crippen molar-refractivity contribution in [2.45, 2.75) is 6.42 Å². The molecule has 5 heteroatoms. The van der Waals surface area contributed by atoms with Gasteiger partial charge in [-0.1, -0.05) is 11.6 Å². The molecular weight excluding hydrogens is 221 g/mol. The molecule has 3 nitrogen and oxygen atoms in total. The minimum atomic E-state index is -0.420. The molecule has 1 aromatic carbocycles. The minimum absolute atomic E-state index is 0.0103. The third-order valence-electron chi connectivity index (χ3n) is 2.27. The number of rotatable bonds is 3. The van der Waals surface area contributed by atoms with Gasteiger partial charge in [0.05, 0.1) is 0 Å². The van der Waals surface area contributed by atoms with Crippen LogP contribution in [0, 0.1) is 5.82 Å². The summed E-state index contributed by atoms with van der Waals surface area (Å²) in [7, 11) is 1.81. The second kappa shape index (κ2) is 4.24. The molecule has 0 amide bonds. The van der Waals surface area contributed by atoms with Crippen LogP contribution in [0.25, 0.3) is 0 Å². The van der Waals surface area contributed by atoms with Gasteiger partial charge in [0.1, 0.15) is 10.8 Å². The van der Waals surface area contributed by atoms with Crippen molar-refractivity contribution in [1.29, 1.82) is 0 Å². The fourth-order valence-corrected chi connectivity index (χ4v) is 1.74. The standard InChI is InChI=1S/C10H11ClFNO2/c1-13-3-2-6-4-7-10(15-5-14-7)8(11)9(6)12/h4,13H,2-3,5H2,1H3. The maximum Gasteiger partial charge on any atom is 0.231 e. The number of ether oxygens (including phenoxy) is 2. The van der Waals surface area contributed by atoms with Gasteiger partial charge in [0.15, 0.2) is 11.5 Å². The molecule has 0 bridgehead atoms. The van der Waals surface area contributed by atoms with E-state index in [-0.39, 0.29) is 11.8 Å². The molecule has 0 fully saturated rings. The highest BCUT2D eigenvalue weighted by Crippen LogP contribution is 2.41. The van der Waals surface area contributed by atoms with E-state index in [9.17, 15) is 4.39 Å². The number of halogens is 2. The van der Waals surface area contributed by atoms with Gasteiger partial charge in [-0.05, 0) is 31.6 Å². The van der Waals surface area contributed by atoms with E-state index in [4.69, 9.17) is 21.1 Å². The third-order valence-corrected chi connectivity index (χ3v) is 2.60. The maximum absolute atomic E-state index is 13.7. The second-order valence-corrected chi connectivity index (χ2v) is 3.63. The van der Waals surface area contributed by atoms with Crippen LogP contribution >= 0.6 is 11.6 Å². The van der Waals surface area contributed by atoms with E-state index < -0.39 is 5.82 Å². The topological polar surface area (TPSA) is 30.5 Å². The van der Waals surface area contributed by atoms with Crippen LogP contribution in [-0.2, 0) is 6.42 Å². The molecule has 0 unspecified atom stereocenters. The smallest absolute Gasteiger partial charge is 0.231 e. The lowest BCUT2D eigenvalue weighted by Crippen LogP contribution is -2.11. The Balaban J connectivity index is 2.36. The van der Waals surface area contributed by atoms with E-state index >= 15 is 0 Å². The number of likely N-dealkylation sites (N-methyl/N-ethyl adjacent to an activating group) is 1. The summed E-state index contributed by atoms with van der Waals surface area (Å²) in [6, 6.07) is 1.64. The number of fused-ring (bicyclic) bond motifs is 1. The van der Waals surface area contributed by atoms with Crippen molar-refractivity contribution in [2.24, 2.45) is 0 Å². The molecule has 0 aromatic heterocycles. The Hall–Kier alpha value is -1.00. The summed E-state index contributed by atoms with van der Waals surface area (Å²) in [5, 5.41) is 2.96. The highest BCUT2D eigenvalue weighted by Gasteiger charge is 2.23. The fraction of sp³-hybridized carbons (Fsp3) is 0.400. The van der Waals surface area contributed by atoms with Gasteiger partial charge in [-0.25, -0.2) is 4.39 Å². The van der Waals surface area contributed by atoms with E-state index in [2.05, 4.69) is 5.32 Å². The summed E-state index contributed by atoms with van der Waals surface area (Å²) in [6.07, 6.45) is 0.568. The first-order valence-corrected chi connectivity index (χ1v) is 5.03. The Bertz CT molecular complexity index is 384. The van der Waals surface area contributed by atoms with Gasteiger partial charge < -0.3 is 14.8 Å². The van der Waals surface area contributed by atoms with Gasteiger partial charge in [0, 0.05) is 0 Å². The summed E-state index contributed by atoms with van der Waals surface area (Å²) >= 11 is 5.82. The Morgan fingerprint density at radius 2 is 2.33 bits per heavy atom. The minimum Gasteiger partial charge on any atom is -0.454 e. The van der Waals surface area contributed by atoms with Crippen LogP contribution in [0.1, 0.15) is 5.56 Å². The Morgan fingerprint density at radius 3 is 3.07 bits per heavy atom. The van der Waals surface area contributed by atoms with Crippen LogP contribution in [0.2, 0.25) is 5.02 Å². The number of benzene rings is 1. The zero-order valence-electron chi connectivity index (χ0n) is 8.27. The average molecular weight is 232 g/mol. The highest BCUT2D eigenvalue weighted by molar-refractivity contribution is 6.32. The predicted molar refractivity (Wildman–Crippen MR) is 55.2 cm³/mol. The van der Waals surface area contributed by atoms with Crippen molar-refractivity contribution >= 4 is 11.6 Å². The first kappa shape index (κ1) is 10.5. The Kier molecular flexibility index (Phi) is 2.98. The summed E-state index contributed by atoms with van der Waals surface area (Å²) in [6.45, 7) is 0.789. The van der Waals surface area contributed by atoms with Crippen LogP contribution < -0.4 is 14.8 Å². The van der Waals surface area contributed by atoms with Crippen molar-refractivity contribution in [2.75, 3.05) is 20.4 Å². The van der Waals surface area contributed by atoms with Crippen molar-refractivity contribution in [3.63, 3.8) is 0 Å². The van der Waals surface area contributed by atoms with Crippen molar-refractivity contribution in [3.8, 4) is 11.5 Å². The molecule has 1 aliphatic rings. The lowest BCUT2D eigenvalue weighted by Gasteiger charge is -2.07. The molecule has 0 spiro atoms. The molecule has 0 atom stereocenters. The zero-order valence-corrected chi connectivity index (χ0v) is 9.03. The van der Waals surface area contributed by atoms with Gasteiger partial charge in [-0.15, -0.1) is 0 Å². The van der Waals surface area contributed by atoms with Crippen molar-refractivity contribution in [3.05, 3.63) is 22.5 Å². The van der Waals surface area contributed by atoms with Gasteiger partial charge >= 0.3 is 0 Å². The lowest BCUT2D eigenvalue weighted by molar-refractivity contribution is 0.174. The van der Waals surface area contributed by atoms with Crippen molar-refractivity contribution in [1.82, 2.24) is 5.32 Å². The number of hydrogen-bond acceptors (Lipinski definition) is 3. The molecule has 0 radical (unpaired) electrons. The quantitative estimate of drug-likeness (QED) is 0.863. The molecule has 0 aliphatic carbocycles. The second-order valence-electron chi connectivity index (χ2n) is 3.25. The summed E-state index contributed by atoms with van der Waals surface area (Å²) in [5.74, 6) is 0.408. The average Bonchev–Trinajstić information content (AvgIpc) is 2.69. The Labute approximate surface area is 92.1 Å². The van der Waals surface area contributed by atoms with Crippen LogP contribution in [0.4, 0.5) is 4.39 Å². The van der Waals surface area contributed by atoms with Gasteiger partial charge in [-0.3, -0.25) is 0 Å². The number of hydrogen-bond donors (Lipinski definition) is 1. The Morgan fingerprint density at radius 1 is 1.53 bits per heavy atom. The zero-order chi connectivity index (χ0) is 10.8. The highest BCUT2D eigenvalue weighted by atomic mass is 35.5. The normalized spacial score (nSPS) is 13.3.